The van der Waals surface area contributed by atoms with E-state index in [2.05, 4.69) is 11.4 Å². The molecular formula is C19H20N2O2. The van der Waals surface area contributed by atoms with Gasteiger partial charge in [-0.2, -0.15) is 5.26 Å². The molecule has 4 heteroatoms. The zero-order chi connectivity index (χ0) is 16.7. The average Bonchev–Trinajstić information content (AvgIpc) is 2.60. The predicted molar refractivity (Wildman–Crippen MR) is 90.3 cm³/mol. The van der Waals surface area contributed by atoms with Crippen LogP contribution in [0.15, 0.2) is 48.5 Å². The van der Waals surface area contributed by atoms with E-state index in [-0.39, 0.29) is 5.91 Å². The third-order valence-electron chi connectivity index (χ3n) is 3.70. The van der Waals surface area contributed by atoms with Gasteiger partial charge in [0, 0.05) is 5.69 Å². The van der Waals surface area contributed by atoms with E-state index in [0.717, 1.165) is 29.0 Å². The lowest BCUT2D eigenvalue weighted by Gasteiger charge is -2.13. The lowest BCUT2D eigenvalue weighted by molar-refractivity contribution is -0.118. The summed E-state index contributed by atoms with van der Waals surface area (Å²) in [7, 11) is 1.59. The second kappa shape index (κ2) is 8.00. The van der Waals surface area contributed by atoms with Crippen molar-refractivity contribution in [3.05, 3.63) is 59.7 Å². The molecule has 0 saturated carbocycles. The molecule has 2 aromatic rings. The Kier molecular flexibility index (Phi) is 5.76. The first-order chi connectivity index (χ1) is 11.2. The van der Waals surface area contributed by atoms with Crippen LogP contribution in [-0.2, 0) is 17.6 Å². The molecular weight excluding hydrogens is 288 g/mol. The van der Waals surface area contributed by atoms with Gasteiger partial charge < -0.3 is 10.1 Å². The standard InChI is InChI=1S/C19H20N2O2/c1-3-15-8-4-5-10-18(15)21-19(22)16(13-20)11-14-7-6-9-17(12-14)23-2/h4-10,12,16H,3,11H2,1-2H3,(H,21,22). The number of carbonyl (C=O) groups is 1. The number of benzene rings is 2. The summed E-state index contributed by atoms with van der Waals surface area (Å²) in [5.74, 6) is -0.306. The molecule has 1 N–H and O–H groups in total. The number of hydrogen-bond acceptors (Lipinski definition) is 3. The van der Waals surface area contributed by atoms with E-state index in [4.69, 9.17) is 4.74 Å². The highest BCUT2D eigenvalue weighted by Crippen LogP contribution is 2.19. The fourth-order valence-electron chi connectivity index (χ4n) is 2.40. The molecule has 0 radical (unpaired) electrons. The molecule has 4 nitrogen and oxygen atoms in total. The third-order valence-corrected chi connectivity index (χ3v) is 3.70. The van der Waals surface area contributed by atoms with E-state index in [9.17, 15) is 10.1 Å². The first-order valence-corrected chi connectivity index (χ1v) is 7.59. The quantitative estimate of drug-likeness (QED) is 0.887. The molecule has 1 amide bonds. The van der Waals surface area contributed by atoms with Crippen molar-refractivity contribution in [1.82, 2.24) is 0 Å². The van der Waals surface area contributed by atoms with Gasteiger partial charge in [-0.1, -0.05) is 37.3 Å². The van der Waals surface area contributed by atoms with Crippen molar-refractivity contribution in [3.63, 3.8) is 0 Å². The van der Waals surface area contributed by atoms with E-state index in [0.29, 0.717) is 6.42 Å². The highest BCUT2D eigenvalue weighted by molar-refractivity contribution is 5.95. The van der Waals surface area contributed by atoms with E-state index < -0.39 is 5.92 Å². The normalized spacial score (nSPS) is 11.3. The lowest BCUT2D eigenvalue weighted by Crippen LogP contribution is -2.24. The lowest BCUT2D eigenvalue weighted by atomic mass is 9.99. The Morgan fingerprint density at radius 3 is 2.74 bits per heavy atom. The number of rotatable bonds is 6. The van der Waals surface area contributed by atoms with Crippen LogP contribution < -0.4 is 10.1 Å². The van der Waals surface area contributed by atoms with Crippen LogP contribution >= 0.6 is 0 Å². The molecule has 0 fully saturated rings. The number of nitriles is 1. The molecule has 0 bridgehead atoms. The number of para-hydroxylation sites is 1. The summed E-state index contributed by atoms with van der Waals surface area (Å²) in [5, 5.41) is 12.2. The number of amides is 1. The molecule has 0 aliphatic rings. The van der Waals surface area contributed by atoms with Gasteiger partial charge in [-0.15, -0.1) is 0 Å². The third kappa shape index (κ3) is 4.33. The average molecular weight is 308 g/mol. The summed E-state index contributed by atoms with van der Waals surface area (Å²) in [5.41, 5.74) is 2.72. The highest BCUT2D eigenvalue weighted by Gasteiger charge is 2.19. The zero-order valence-corrected chi connectivity index (χ0v) is 13.4. The highest BCUT2D eigenvalue weighted by atomic mass is 16.5. The van der Waals surface area contributed by atoms with Crippen LogP contribution in [0, 0.1) is 17.2 Å². The Balaban J connectivity index is 2.11. The summed E-state index contributed by atoms with van der Waals surface area (Å²) in [6, 6.07) is 17.2. The van der Waals surface area contributed by atoms with Gasteiger partial charge in [-0.3, -0.25) is 4.79 Å². The fourth-order valence-corrected chi connectivity index (χ4v) is 2.40. The van der Waals surface area contributed by atoms with Crippen molar-refractivity contribution in [2.45, 2.75) is 19.8 Å². The van der Waals surface area contributed by atoms with Crippen molar-refractivity contribution < 1.29 is 9.53 Å². The van der Waals surface area contributed by atoms with Crippen molar-refractivity contribution in [2.24, 2.45) is 5.92 Å². The Bertz CT molecular complexity index is 719. The Morgan fingerprint density at radius 1 is 1.26 bits per heavy atom. The number of ether oxygens (including phenoxy) is 1. The molecule has 0 aliphatic heterocycles. The van der Waals surface area contributed by atoms with Gasteiger partial charge in [-0.05, 0) is 42.2 Å². The molecule has 0 aromatic heterocycles. The summed E-state index contributed by atoms with van der Waals surface area (Å²) in [4.78, 5) is 12.4. The topological polar surface area (TPSA) is 62.1 Å². The largest absolute Gasteiger partial charge is 0.497 e. The number of nitrogens with zero attached hydrogens (tertiary/aromatic N) is 1. The molecule has 2 rings (SSSR count). The molecule has 0 aliphatic carbocycles. The minimum absolute atomic E-state index is 0.281. The number of hydrogen-bond donors (Lipinski definition) is 1. The van der Waals surface area contributed by atoms with E-state index in [1.54, 1.807) is 7.11 Å². The molecule has 0 heterocycles. The van der Waals surface area contributed by atoms with Crippen LogP contribution in [0.4, 0.5) is 5.69 Å². The SMILES string of the molecule is CCc1ccccc1NC(=O)C(C#N)Cc1cccc(OC)c1. The predicted octanol–water partition coefficient (Wildman–Crippen LogP) is 3.58. The molecule has 1 atom stereocenters. The van der Waals surface area contributed by atoms with Crippen molar-refractivity contribution in [3.8, 4) is 11.8 Å². The van der Waals surface area contributed by atoms with Gasteiger partial charge in [-0.25, -0.2) is 0 Å². The smallest absolute Gasteiger partial charge is 0.242 e. The Morgan fingerprint density at radius 2 is 2.04 bits per heavy atom. The minimum atomic E-state index is -0.744. The number of carbonyl (C=O) groups excluding carboxylic acids is 1. The summed E-state index contributed by atoms with van der Waals surface area (Å²) >= 11 is 0. The monoisotopic (exact) mass is 308 g/mol. The first kappa shape index (κ1) is 16.6. The molecule has 118 valence electrons. The van der Waals surface area contributed by atoms with E-state index in [1.807, 2.05) is 55.5 Å². The maximum Gasteiger partial charge on any atom is 0.242 e. The molecule has 23 heavy (non-hydrogen) atoms. The van der Waals surface area contributed by atoms with Crippen molar-refractivity contribution in [2.75, 3.05) is 12.4 Å². The van der Waals surface area contributed by atoms with Gasteiger partial charge in [0.1, 0.15) is 11.7 Å². The van der Waals surface area contributed by atoms with Gasteiger partial charge in [0.15, 0.2) is 0 Å². The Labute approximate surface area is 136 Å². The molecule has 2 aromatic carbocycles. The van der Waals surface area contributed by atoms with Gasteiger partial charge in [0.05, 0.1) is 13.2 Å². The summed E-state index contributed by atoms with van der Waals surface area (Å²) < 4.78 is 5.17. The van der Waals surface area contributed by atoms with E-state index >= 15 is 0 Å². The molecule has 1 unspecified atom stereocenters. The number of aryl methyl sites for hydroxylation is 1. The van der Waals surface area contributed by atoms with Crippen LogP contribution in [0.2, 0.25) is 0 Å². The van der Waals surface area contributed by atoms with Crippen LogP contribution in [-0.4, -0.2) is 13.0 Å². The number of anilines is 1. The zero-order valence-electron chi connectivity index (χ0n) is 13.4. The second-order valence-electron chi connectivity index (χ2n) is 5.24. The van der Waals surface area contributed by atoms with Crippen molar-refractivity contribution in [1.29, 1.82) is 5.26 Å². The summed E-state index contributed by atoms with van der Waals surface area (Å²) in [6.07, 6.45) is 1.18. The molecule has 0 saturated heterocycles. The van der Waals surface area contributed by atoms with Gasteiger partial charge >= 0.3 is 0 Å². The number of nitrogens with one attached hydrogen (secondary N) is 1. The maximum atomic E-state index is 12.4. The van der Waals surface area contributed by atoms with Gasteiger partial charge in [0.2, 0.25) is 5.91 Å². The summed E-state index contributed by atoms with van der Waals surface area (Å²) in [6.45, 7) is 2.03. The maximum absolute atomic E-state index is 12.4. The Hall–Kier alpha value is -2.80. The second-order valence-corrected chi connectivity index (χ2v) is 5.24. The number of methoxy groups -OCH3 is 1. The fraction of sp³-hybridized carbons (Fsp3) is 0.263. The van der Waals surface area contributed by atoms with Crippen LogP contribution in [0.1, 0.15) is 18.1 Å². The van der Waals surface area contributed by atoms with Crippen molar-refractivity contribution >= 4 is 11.6 Å². The van der Waals surface area contributed by atoms with Gasteiger partial charge in [0.25, 0.3) is 0 Å². The van der Waals surface area contributed by atoms with Crippen LogP contribution in [0.3, 0.4) is 0 Å². The van der Waals surface area contributed by atoms with Crippen LogP contribution in [0.5, 0.6) is 5.75 Å². The van der Waals surface area contributed by atoms with E-state index in [1.165, 1.54) is 0 Å². The first-order valence-electron chi connectivity index (χ1n) is 7.59. The van der Waals surface area contributed by atoms with Crippen LogP contribution in [0.25, 0.3) is 0 Å². The minimum Gasteiger partial charge on any atom is -0.497 e. The molecule has 0 spiro atoms.